The van der Waals surface area contributed by atoms with Crippen LogP contribution in [-0.2, 0) is 4.79 Å². The summed E-state index contributed by atoms with van der Waals surface area (Å²) in [5, 5.41) is 17.7. The Morgan fingerprint density at radius 2 is 2.33 bits per heavy atom. The first-order chi connectivity index (χ1) is 5.59. The van der Waals surface area contributed by atoms with Crippen LogP contribution in [0.25, 0.3) is 0 Å². The smallest absolute Gasteiger partial charge is 0.306 e. The first-order valence-corrected chi connectivity index (χ1v) is 4.85. The van der Waals surface area contributed by atoms with Gasteiger partial charge in [0, 0.05) is 4.88 Å². The molecule has 0 spiro atoms. The first kappa shape index (κ1) is 9.70. The summed E-state index contributed by atoms with van der Waals surface area (Å²) in [6.45, 7) is 0. The van der Waals surface area contributed by atoms with Gasteiger partial charge in [-0.15, -0.1) is 11.3 Å². The van der Waals surface area contributed by atoms with Crippen LogP contribution < -0.4 is 0 Å². The van der Waals surface area contributed by atoms with Crippen molar-refractivity contribution in [2.24, 2.45) is 0 Å². The van der Waals surface area contributed by atoms with E-state index in [2.05, 4.69) is 15.9 Å². The van der Waals surface area contributed by atoms with Gasteiger partial charge in [0.25, 0.3) is 0 Å². The molecule has 0 radical (unpaired) electrons. The van der Waals surface area contributed by atoms with Gasteiger partial charge in [0.2, 0.25) is 0 Å². The molecular formula is C7H7BrO3S. The molecule has 1 aromatic heterocycles. The van der Waals surface area contributed by atoms with Gasteiger partial charge in [-0.25, -0.2) is 0 Å². The molecule has 3 nitrogen and oxygen atoms in total. The Bertz CT molecular complexity index is 284. The molecule has 0 fully saturated rings. The number of carboxylic acids is 1. The number of carboxylic acid groups (broad SMARTS) is 1. The molecule has 0 aromatic carbocycles. The molecule has 66 valence electrons. The second-order valence-electron chi connectivity index (χ2n) is 2.26. The summed E-state index contributed by atoms with van der Waals surface area (Å²) in [5.74, 6) is -0.993. The van der Waals surface area contributed by atoms with E-state index >= 15 is 0 Å². The van der Waals surface area contributed by atoms with Gasteiger partial charge in [-0.2, -0.15) is 0 Å². The zero-order valence-electron chi connectivity index (χ0n) is 6.03. The molecule has 2 N–H and O–H groups in total. The SMILES string of the molecule is O=C(O)C[C@@H](O)c1ccc(Br)s1. The summed E-state index contributed by atoms with van der Waals surface area (Å²) in [4.78, 5) is 10.9. The molecule has 1 atom stereocenters. The number of halogens is 1. The summed E-state index contributed by atoms with van der Waals surface area (Å²) >= 11 is 4.57. The number of rotatable bonds is 3. The zero-order valence-corrected chi connectivity index (χ0v) is 8.43. The van der Waals surface area contributed by atoms with Gasteiger partial charge in [0.1, 0.15) is 0 Å². The van der Waals surface area contributed by atoms with E-state index in [1.807, 2.05) is 0 Å². The van der Waals surface area contributed by atoms with E-state index in [0.29, 0.717) is 4.88 Å². The van der Waals surface area contributed by atoms with E-state index in [4.69, 9.17) is 5.11 Å². The highest BCUT2D eigenvalue weighted by atomic mass is 79.9. The summed E-state index contributed by atoms with van der Waals surface area (Å²) in [6, 6.07) is 3.49. The molecule has 0 saturated carbocycles. The number of carbonyl (C=O) groups is 1. The van der Waals surface area contributed by atoms with Crippen molar-refractivity contribution in [3.8, 4) is 0 Å². The lowest BCUT2D eigenvalue weighted by molar-refractivity contribution is -0.139. The van der Waals surface area contributed by atoms with Crippen LogP contribution in [0, 0.1) is 0 Å². The fraction of sp³-hybridized carbons (Fsp3) is 0.286. The van der Waals surface area contributed by atoms with Crippen molar-refractivity contribution in [1.82, 2.24) is 0 Å². The van der Waals surface area contributed by atoms with Crippen LogP contribution >= 0.6 is 27.3 Å². The Morgan fingerprint density at radius 3 is 2.75 bits per heavy atom. The Morgan fingerprint density at radius 1 is 1.67 bits per heavy atom. The number of hydrogen-bond donors (Lipinski definition) is 2. The molecule has 0 unspecified atom stereocenters. The molecule has 0 aliphatic heterocycles. The molecule has 0 aliphatic carbocycles. The summed E-state index contributed by atoms with van der Waals surface area (Å²) in [5.41, 5.74) is 0. The van der Waals surface area contributed by atoms with Crippen LogP contribution in [0.2, 0.25) is 0 Å². The maximum atomic E-state index is 10.2. The van der Waals surface area contributed by atoms with E-state index in [-0.39, 0.29) is 6.42 Å². The van der Waals surface area contributed by atoms with Gasteiger partial charge < -0.3 is 10.2 Å². The minimum absolute atomic E-state index is 0.243. The number of hydrogen-bond acceptors (Lipinski definition) is 3. The Balaban J connectivity index is 2.64. The monoisotopic (exact) mass is 250 g/mol. The van der Waals surface area contributed by atoms with E-state index in [1.165, 1.54) is 11.3 Å². The molecule has 0 aliphatic rings. The van der Waals surface area contributed by atoms with Crippen LogP contribution in [0.5, 0.6) is 0 Å². The first-order valence-electron chi connectivity index (χ1n) is 3.24. The van der Waals surface area contributed by atoms with E-state index < -0.39 is 12.1 Å². The molecule has 12 heavy (non-hydrogen) atoms. The largest absolute Gasteiger partial charge is 0.481 e. The van der Waals surface area contributed by atoms with Crippen molar-refractivity contribution in [2.75, 3.05) is 0 Å². The highest BCUT2D eigenvalue weighted by Gasteiger charge is 2.13. The number of aliphatic hydroxyl groups is 1. The lowest BCUT2D eigenvalue weighted by Crippen LogP contribution is -2.03. The second-order valence-corrected chi connectivity index (χ2v) is 4.75. The van der Waals surface area contributed by atoms with Crippen LogP contribution in [0.1, 0.15) is 17.4 Å². The molecule has 1 heterocycles. The highest BCUT2D eigenvalue weighted by molar-refractivity contribution is 9.11. The maximum Gasteiger partial charge on any atom is 0.306 e. The third-order valence-electron chi connectivity index (χ3n) is 1.29. The van der Waals surface area contributed by atoms with Crippen molar-refractivity contribution in [1.29, 1.82) is 0 Å². The molecule has 0 bridgehead atoms. The van der Waals surface area contributed by atoms with Crippen molar-refractivity contribution >= 4 is 33.2 Å². The van der Waals surface area contributed by atoms with Gasteiger partial charge in [0.15, 0.2) is 0 Å². The standard InChI is InChI=1S/C7H7BrO3S/c8-6-2-1-5(12-6)4(9)3-7(10)11/h1-2,4,9H,3H2,(H,10,11)/t4-/m1/s1. The molecule has 1 aromatic rings. The lowest BCUT2D eigenvalue weighted by Gasteiger charge is -2.02. The summed E-state index contributed by atoms with van der Waals surface area (Å²) < 4.78 is 0.891. The summed E-state index contributed by atoms with van der Waals surface area (Å²) in [7, 11) is 0. The maximum absolute atomic E-state index is 10.2. The normalized spacial score (nSPS) is 12.8. The van der Waals surface area contributed by atoms with E-state index in [9.17, 15) is 9.90 Å². The number of aliphatic hydroxyl groups excluding tert-OH is 1. The molecule has 0 saturated heterocycles. The summed E-state index contributed by atoms with van der Waals surface area (Å²) in [6.07, 6.45) is -1.13. The van der Waals surface area contributed by atoms with E-state index in [1.54, 1.807) is 12.1 Å². The molecule has 1 rings (SSSR count). The fourth-order valence-electron chi connectivity index (χ4n) is 0.773. The molecule has 5 heteroatoms. The van der Waals surface area contributed by atoms with Gasteiger partial charge >= 0.3 is 5.97 Å². The topological polar surface area (TPSA) is 57.5 Å². The van der Waals surface area contributed by atoms with Gasteiger partial charge in [-0.1, -0.05) is 0 Å². The minimum atomic E-state index is -0.993. The predicted octanol–water partition coefficient (Wildman–Crippen LogP) is 2.02. The highest BCUT2D eigenvalue weighted by Crippen LogP contribution is 2.28. The molecule has 0 amide bonds. The van der Waals surface area contributed by atoms with Gasteiger partial charge in [-0.3, -0.25) is 4.79 Å². The average Bonchev–Trinajstić information content (AvgIpc) is 2.34. The zero-order chi connectivity index (χ0) is 9.14. The van der Waals surface area contributed by atoms with Crippen molar-refractivity contribution in [2.45, 2.75) is 12.5 Å². The lowest BCUT2D eigenvalue weighted by atomic mass is 10.2. The third-order valence-corrected chi connectivity index (χ3v) is 3.02. The van der Waals surface area contributed by atoms with Crippen LogP contribution in [0.4, 0.5) is 0 Å². The average molecular weight is 251 g/mol. The minimum Gasteiger partial charge on any atom is -0.481 e. The Labute approximate surface area is 81.8 Å². The van der Waals surface area contributed by atoms with Gasteiger partial charge in [0.05, 0.1) is 16.3 Å². The van der Waals surface area contributed by atoms with Crippen LogP contribution in [0.15, 0.2) is 15.9 Å². The van der Waals surface area contributed by atoms with Crippen molar-refractivity contribution in [3.63, 3.8) is 0 Å². The van der Waals surface area contributed by atoms with E-state index in [0.717, 1.165) is 3.79 Å². The third kappa shape index (κ3) is 2.58. The second kappa shape index (κ2) is 4.02. The quantitative estimate of drug-likeness (QED) is 0.863. The predicted molar refractivity (Wildman–Crippen MR) is 49.2 cm³/mol. The van der Waals surface area contributed by atoms with Gasteiger partial charge in [-0.05, 0) is 28.1 Å². The van der Waals surface area contributed by atoms with Crippen molar-refractivity contribution < 1.29 is 15.0 Å². The Kier molecular flexibility index (Phi) is 3.25. The number of aliphatic carboxylic acids is 1. The van der Waals surface area contributed by atoms with Crippen LogP contribution in [-0.4, -0.2) is 16.2 Å². The van der Waals surface area contributed by atoms with Crippen LogP contribution in [0.3, 0.4) is 0 Å². The van der Waals surface area contributed by atoms with Crippen molar-refractivity contribution in [3.05, 3.63) is 20.8 Å². The molecular weight excluding hydrogens is 244 g/mol. The Hall–Kier alpha value is -0.390. The fourth-order valence-corrected chi connectivity index (χ4v) is 2.18. The number of thiophene rings is 1.